The van der Waals surface area contributed by atoms with Crippen molar-refractivity contribution in [3.8, 4) is 5.75 Å². The van der Waals surface area contributed by atoms with E-state index in [-0.39, 0.29) is 37.4 Å². The third-order valence-electron chi connectivity index (χ3n) is 9.77. The van der Waals surface area contributed by atoms with Gasteiger partial charge in [0, 0.05) is 25.3 Å². The number of hydrogen-bond donors (Lipinski definition) is 1. The van der Waals surface area contributed by atoms with E-state index < -0.39 is 35.1 Å². The number of aliphatic hydroxyl groups excluding tert-OH is 1. The zero-order valence-electron chi connectivity index (χ0n) is 26.6. The van der Waals surface area contributed by atoms with E-state index in [4.69, 9.17) is 9.47 Å². The smallest absolute Gasteiger partial charge is 0.249 e. The molecule has 0 saturated carbocycles. The van der Waals surface area contributed by atoms with Crippen molar-refractivity contribution in [1.29, 1.82) is 0 Å². The monoisotopic (exact) mass is 615 g/mol. The molecule has 3 saturated heterocycles. The number of nitrogens with zero attached hydrogens (tertiary/aromatic N) is 3. The van der Waals surface area contributed by atoms with E-state index in [2.05, 4.69) is 13.2 Å². The molecule has 9 nitrogen and oxygen atoms in total. The Kier molecular flexibility index (Phi) is 9.51. The van der Waals surface area contributed by atoms with Crippen LogP contribution in [-0.4, -0.2) is 82.2 Å². The fourth-order valence-corrected chi connectivity index (χ4v) is 7.75. The van der Waals surface area contributed by atoms with E-state index in [1.165, 1.54) is 4.90 Å². The third kappa shape index (κ3) is 5.46. The quantitative estimate of drug-likeness (QED) is 0.317. The molecule has 1 spiro atoms. The second kappa shape index (κ2) is 13.2. The van der Waals surface area contributed by atoms with E-state index in [0.717, 1.165) is 5.56 Å². The molecular formula is C36H45N3O6. The zero-order chi connectivity index (χ0) is 32.4. The van der Waals surface area contributed by atoms with Gasteiger partial charge < -0.3 is 29.3 Å². The van der Waals surface area contributed by atoms with Crippen LogP contribution in [0.4, 0.5) is 5.69 Å². The molecule has 45 heavy (non-hydrogen) atoms. The highest BCUT2D eigenvalue weighted by Crippen LogP contribution is 2.65. The van der Waals surface area contributed by atoms with Gasteiger partial charge in [0.25, 0.3) is 0 Å². The number of aliphatic hydroxyl groups is 1. The highest BCUT2D eigenvalue weighted by Gasteiger charge is 2.79. The second-order valence-corrected chi connectivity index (χ2v) is 12.3. The number of anilines is 1. The van der Waals surface area contributed by atoms with Crippen LogP contribution in [-0.2, 0) is 25.7 Å². The molecule has 0 aliphatic carbocycles. The third-order valence-corrected chi connectivity index (χ3v) is 9.77. The molecule has 0 radical (unpaired) electrons. The van der Waals surface area contributed by atoms with Crippen LogP contribution in [0.5, 0.6) is 5.75 Å². The molecule has 2 unspecified atom stereocenters. The van der Waals surface area contributed by atoms with Crippen LogP contribution in [0, 0.1) is 11.8 Å². The maximum Gasteiger partial charge on any atom is 0.249 e. The summed E-state index contributed by atoms with van der Waals surface area (Å²) in [4.78, 5) is 48.8. The number of carbonyl (C=O) groups excluding carboxylic acids is 3. The lowest BCUT2D eigenvalue weighted by atomic mass is 9.64. The number of ether oxygens (including phenoxy) is 2. The Balaban J connectivity index is 1.57. The van der Waals surface area contributed by atoms with E-state index in [9.17, 15) is 19.5 Å². The summed E-state index contributed by atoms with van der Waals surface area (Å²) in [5.74, 6) is -1.84. The normalized spacial score (nSPS) is 27.2. The summed E-state index contributed by atoms with van der Waals surface area (Å²) in [6.07, 6.45) is 4.85. The molecule has 0 aromatic heterocycles. The summed E-state index contributed by atoms with van der Waals surface area (Å²) in [7, 11) is 0. The molecule has 2 aromatic rings. The zero-order valence-corrected chi connectivity index (χ0v) is 26.6. The first-order chi connectivity index (χ1) is 21.7. The van der Waals surface area contributed by atoms with Crippen LogP contribution >= 0.6 is 0 Å². The topological polar surface area (TPSA) is 99.6 Å². The van der Waals surface area contributed by atoms with E-state index >= 15 is 0 Å². The Morgan fingerprint density at radius 2 is 1.76 bits per heavy atom. The molecule has 1 N–H and O–H groups in total. The Morgan fingerprint density at radius 3 is 2.36 bits per heavy atom. The van der Waals surface area contributed by atoms with Crippen molar-refractivity contribution in [2.45, 2.75) is 69.9 Å². The number of carbonyl (C=O) groups is 3. The molecular weight excluding hydrogens is 570 g/mol. The van der Waals surface area contributed by atoms with Crippen molar-refractivity contribution in [2.24, 2.45) is 11.8 Å². The van der Waals surface area contributed by atoms with Gasteiger partial charge in [0.05, 0.1) is 36.7 Å². The minimum Gasteiger partial charge on any atom is -0.494 e. The van der Waals surface area contributed by atoms with E-state index in [1.807, 2.05) is 68.4 Å². The summed E-state index contributed by atoms with van der Waals surface area (Å²) >= 11 is 0. The Hall–Kier alpha value is -3.95. The van der Waals surface area contributed by atoms with Gasteiger partial charge in [-0.1, -0.05) is 49.4 Å². The van der Waals surface area contributed by atoms with Crippen LogP contribution in [0.1, 0.15) is 45.6 Å². The van der Waals surface area contributed by atoms with Gasteiger partial charge in [0.2, 0.25) is 17.7 Å². The first-order valence-electron chi connectivity index (χ1n) is 15.9. The molecule has 240 valence electrons. The highest BCUT2D eigenvalue weighted by molar-refractivity contribution is 6.03. The van der Waals surface area contributed by atoms with Gasteiger partial charge in [-0.3, -0.25) is 14.4 Å². The molecule has 2 aromatic carbocycles. The van der Waals surface area contributed by atoms with Crippen molar-refractivity contribution in [3.63, 3.8) is 0 Å². The van der Waals surface area contributed by atoms with Crippen molar-refractivity contribution in [1.82, 2.24) is 9.80 Å². The van der Waals surface area contributed by atoms with Crippen LogP contribution in [0.25, 0.3) is 0 Å². The van der Waals surface area contributed by atoms with Gasteiger partial charge in [-0.25, -0.2) is 0 Å². The van der Waals surface area contributed by atoms with Crippen molar-refractivity contribution >= 4 is 23.4 Å². The minimum atomic E-state index is -1.21. The lowest BCUT2D eigenvalue weighted by Crippen LogP contribution is -2.58. The first-order valence-corrected chi connectivity index (χ1v) is 15.9. The van der Waals surface area contributed by atoms with Gasteiger partial charge in [0.15, 0.2) is 0 Å². The van der Waals surface area contributed by atoms with Crippen molar-refractivity contribution < 1.29 is 29.0 Å². The largest absolute Gasteiger partial charge is 0.494 e. The van der Waals surface area contributed by atoms with Gasteiger partial charge >= 0.3 is 0 Å². The molecule has 3 aliphatic rings. The van der Waals surface area contributed by atoms with Crippen molar-refractivity contribution in [3.05, 3.63) is 85.5 Å². The lowest BCUT2D eigenvalue weighted by Gasteiger charge is -2.38. The Morgan fingerprint density at radius 1 is 1.07 bits per heavy atom. The highest BCUT2D eigenvalue weighted by atomic mass is 16.5. The predicted octanol–water partition coefficient (Wildman–Crippen LogP) is 4.35. The minimum absolute atomic E-state index is 0.236. The first kappa shape index (κ1) is 32.4. The average Bonchev–Trinajstić information content (AvgIpc) is 3.67. The van der Waals surface area contributed by atoms with Crippen LogP contribution in [0.2, 0.25) is 0 Å². The Bertz CT molecular complexity index is 1410. The Labute approximate surface area is 266 Å². The molecule has 5 rings (SSSR count). The van der Waals surface area contributed by atoms with Crippen LogP contribution in [0.3, 0.4) is 0 Å². The summed E-state index contributed by atoms with van der Waals surface area (Å²) in [5, 5.41) is 10.3. The number of amides is 3. The van der Waals surface area contributed by atoms with Gasteiger partial charge in [-0.15, -0.1) is 13.2 Å². The van der Waals surface area contributed by atoms with Gasteiger partial charge in [-0.2, -0.15) is 0 Å². The number of benzene rings is 2. The number of rotatable bonds is 14. The molecule has 2 bridgehead atoms. The lowest BCUT2D eigenvalue weighted by molar-refractivity contribution is -0.155. The molecule has 6 atom stereocenters. The van der Waals surface area contributed by atoms with Crippen LogP contribution in [0.15, 0.2) is 79.9 Å². The second-order valence-electron chi connectivity index (χ2n) is 12.3. The molecule has 3 heterocycles. The summed E-state index contributed by atoms with van der Waals surface area (Å²) < 4.78 is 12.6. The van der Waals surface area contributed by atoms with Crippen LogP contribution < -0.4 is 9.64 Å². The number of hydrogen-bond acceptors (Lipinski definition) is 6. The molecule has 3 aliphatic heterocycles. The molecule has 9 heteroatoms. The fourth-order valence-electron chi connectivity index (χ4n) is 7.75. The fraction of sp³-hybridized carbons (Fsp3) is 0.472. The number of fused-ring (bicyclic) bond motifs is 1. The summed E-state index contributed by atoms with van der Waals surface area (Å²) in [5.41, 5.74) is -0.510. The van der Waals surface area contributed by atoms with Gasteiger partial charge in [-0.05, 0) is 62.9 Å². The SMILES string of the molecule is C=CCN(Cc1ccccc1)C(=O)C1N([C@H](C)CO)C(=O)[C@@H]2[C@H](C(=O)N(CC=C)c3ccc(OCC)cc3)[C@]3(CC)CCC12O3. The average molecular weight is 616 g/mol. The maximum atomic E-state index is 14.7. The predicted molar refractivity (Wildman–Crippen MR) is 172 cm³/mol. The van der Waals surface area contributed by atoms with E-state index in [1.54, 1.807) is 28.9 Å². The molecule has 3 fully saturated rings. The standard InChI is InChI=1S/C36H45N3O6/c1-6-21-37(23-26-13-11-10-12-14-26)34(43)31-36-20-19-35(8-3,45-36)29(30(36)33(42)39(31)25(5)24-40)32(41)38(22-7-2)27-15-17-28(18-16-27)44-9-4/h6-7,10-18,25,29-31,40H,1-2,8-9,19-24H2,3-5H3/t25-,29-,30+,31?,35+,36?/m1/s1. The summed E-state index contributed by atoms with van der Waals surface area (Å²) in [6.45, 7) is 14.4. The van der Waals surface area contributed by atoms with Gasteiger partial charge in [0.1, 0.15) is 17.4 Å². The number of likely N-dealkylation sites (tertiary alicyclic amines) is 1. The maximum absolute atomic E-state index is 14.7. The molecule has 3 amide bonds. The van der Waals surface area contributed by atoms with E-state index in [0.29, 0.717) is 43.9 Å². The van der Waals surface area contributed by atoms with Crippen molar-refractivity contribution in [2.75, 3.05) is 31.2 Å². The summed E-state index contributed by atoms with van der Waals surface area (Å²) in [6, 6.07) is 15.3.